The summed E-state index contributed by atoms with van der Waals surface area (Å²) in [5.41, 5.74) is 2.08. The van der Waals surface area contributed by atoms with Crippen LogP contribution in [0.2, 0.25) is 0 Å². The number of pyridine rings is 1. The van der Waals surface area contributed by atoms with Gasteiger partial charge in [-0.1, -0.05) is 6.92 Å². The van der Waals surface area contributed by atoms with Crippen LogP contribution in [0.1, 0.15) is 18.9 Å². The highest BCUT2D eigenvalue weighted by atomic mass is 16.2. The van der Waals surface area contributed by atoms with Gasteiger partial charge in [0.25, 0.3) is 0 Å². The van der Waals surface area contributed by atoms with E-state index in [1.165, 1.54) is 0 Å². The second kappa shape index (κ2) is 6.21. The zero-order valence-corrected chi connectivity index (χ0v) is 13.7. The standard InChI is InChI=1S/C17H18N6O/c1-11-9-23(15(24)3-5-18)10-14(11)22(2)16-12(7-19)8-21-17-13(16)4-6-20-17/h4,6,8,11,14H,3,9-10H2,1-2H3,(H,20,21)/t11-,14?/m1/s1. The number of likely N-dealkylation sites (N-methyl/N-ethyl adjacent to an activating group) is 1. The van der Waals surface area contributed by atoms with Crippen molar-refractivity contribution in [3.8, 4) is 12.1 Å². The molecule has 122 valence electrons. The van der Waals surface area contributed by atoms with Gasteiger partial charge in [-0.15, -0.1) is 0 Å². The van der Waals surface area contributed by atoms with Crippen molar-refractivity contribution >= 4 is 22.6 Å². The van der Waals surface area contributed by atoms with Crippen LogP contribution in [0.15, 0.2) is 18.5 Å². The second-order valence-electron chi connectivity index (χ2n) is 6.16. The Kier molecular flexibility index (Phi) is 4.09. The molecule has 1 aliphatic rings. The summed E-state index contributed by atoms with van der Waals surface area (Å²) in [5, 5.41) is 19.1. The molecule has 0 aromatic carbocycles. The van der Waals surface area contributed by atoms with Gasteiger partial charge < -0.3 is 14.8 Å². The van der Waals surface area contributed by atoms with Crippen LogP contribution in [0.3, 0.4) is 0 Å². The molecule has 1 N–H and O–H groups in total. The Hall–Kier alpha value is -3.06. The minimum Gasteiger partial charge on any atom is -0.368 e. The Labute approximate surface area is 140 Å². The van der Waals surface area contributed by atoms with Gasteiger partial charge in [-0.05, 0) is 12.0 Å². The summed E-state index contributed by atoms with van der Waals surface area (Å²) in [4.78, 5) is 23.1. The number of likely N-dealkylation sites (tertiary alicyclic amines) is 1. The van der Waals surface area contributed by atoms with Crippen molar-refractivity contribution in [1.29, 1.82) is 10.5 Å². The van der Waals surface area contributed by atoms with Crippen molar-refractivity contribution in [2.75, 3.05) is 25.0 Å². The van der Waals surface area contributed by atoms with Gasteiger partial charge in [-0.2, -0.15) is 10.5 Å². The van der Waals surface area contributed by atoms with Crippen LogP contribution in [0.4, 0.5) is 5.69 Å². The molecule has 0 aliphatic carbocycles. The van der Waals surface area contributed by atoms with Gasteiger partial charge in [0.15, 0.2) is 0 Å². The van der Waals surface area contributed by atoms with Gasteiger partial charge in [-0.25, -0.2) is 4.98 Å². The molecule has 2 aromatic rings. The van der Waals surface area contributed by atoms with E-state index in [2.05, 4.69) is 27.9 Å². The maximum absolute atomic E-state index is 12.0. The predicted molar refractivity (Wildman–Crippen MR) is 89.0 cm³/mol. The van der Waals surface area contributed by atoms with Crippen molar-refractivity contribution in [2.45, 2.75) is 19.4 Å². The van der Waals surface area contributed by atoms with Gasteiger partial charge in [0.05, 0.1) is 23.4 Å². The number of rotatable bonds is 3. The number of H-pyrrole nitrogens is 1. The summed E-state index contributed by atoms with van der Waals surface area (Å²) in [6, 6.07) is 6.12. The molecule has 0 bridgehead atoms. The van der Waals surface area contributed by atoms with E-state index in [9.17, 15) is 10.1 Å². The minimum atomic E-state index is -0.137. The lowest BCUT2D eigenvalue weighted by Gasteiger charge is -2.30. The molecular formula is C17H18N6O. The molecule has 1 amide bonds. The van der Waals surface area contributed by atoms with Crippen LogP contribution in [-0.2, 0) is 4.79 Å². The summed E-state index contributed by atoms with van der Waals surface area (Å²) in [6.45, 7) is 3.26. The highest BCUT2D eigenvalue weighted by molar-refractivity contribution is 5.93. The third-order valence-corrected chi connectivity index (χ3v) is 4.68. The SMILES string of the molecule is C[C@@H]1CN(C(=O)CC#N)CC1N(C)c1c(C#N)cnc2[nH]ccc12. The van der Waals surface area contributed by atoms with Gasteiger partial charge in [0.1, 0.15) is 18.1 Å². The number of fused-ring (bicyclic) bond motifs is 1. The Morgan fingerprint density at radius 2 is 2.29 bits per heavy atom. The molecule has 0 radical (unpaired) electrons. The first-order chi connectivity index (χ1) is 11.6. The highest BCUT2D eigenvalue weighted by Gasteiger charge is 2.36. The molecule has 1 aliphatic heterocycles. The number of nitrogens with one attached hydrogen (secondary N) is 1. The van der Waals surface area contributed by atoms with E-state index in [1.54, 1.807) is 17.3 Å². The molecule has 7 heteroatoms. The Morgan fingerprint density at radius 3 is 3.00 bits per heavy atom. The van der Waals surface area contributed by atoms with E-state index in [-0.39, 0.29) is 24.3 Å². The molecule has 1 unspecified atom stereocenters. The molecule has 2 aromatic heterocycles. The number of hydrogen-bond donors (Lipinski definition) is 1. The summed E-state index contributed by atoms with van der Waals surface area (Å²) in [6.07, 6.45) is 3.28. The zero-order valence-electron chi connectivity index (χ0n) is 13.7. The van der Waals surface area contributed by atoms with Crippen LogP contribution in [-0.4, -0.2) is 47.0 Å². The van der Waals surface area contributed by atoms with Gasteiger partial charge >= 0.3 is 0 Å². The Morgan fingerprint density at radius 1 is 1.50 bits per heavy atom. The molecule has 0 saturated carbocycles. The number of aromatic amines is 1. The number of carbonyl (C=O) groups excluding carboxylic acids is 1. The quantitative estimate of drug-likeness (QED) is 0.925. The van der Waals surface area contributed by atoms with Crippen molar-refractivity contribution in [3.63, 3.8) is 0 Å². The van der Waals surface area contributed by atoms with Crippen LogP contribution in [0.5, 0.6) is 0 Å². The first-order valence-corrected chi connectivity index (χ1v) is 7.80. The molecule has 7 nitrogen and oxygen atoms in total. The first kappa shape index (κ1) is 15.8. The summed E-state index contributed by atoms with van der Waals surface area (Å²) < 4.78 is 0. The van der Waals surface area contributed by atoms with Crippen LogP contribution >= 0.6 is 0 Å². The minimum absolute atomic E-state index is 0.0836. The Bertz CT molecular complexity index is 858. The molecule has 1 fully saturated rings. The van der Waals surface area contributed by atoms with Crippen molar-refractivity contribution in [3.05, 3.63) is 24.0 Å². The van der Waals surface area contributed by atoms with Crippen LogP contribution < -0.4 is 4.90 Å². The molecule has 1 saturated heterocycles. The number of hydrogen-bond acceptors (Lipinski definition) is 5. The molecule has 24 heavy (non-hydrogen) atoms. The lowest BCUT2D eigenvalue weighted by Crippen LogP contribution is -2.39. The normalized spacial score (nSPS) is 19.9. The zero-order chi connectivity index (χ0) is 17.3. The maximum Gasteiger partial charge on any atom is 0.236 e. The number of anilines is 1. The third kappa shape index (κ3) is 2.55. The maximum atomic E-state index is 12.0. The van der Waals surface area contributed by atoms with Crippen molar-refractivity contribution in [1.82, 2.24) is 14.9 Å². The van der Waals surface area contributed by atoms with Crippen LogP contribution in [0.25, 0.3) is 11.0 Å². The van der Waals surface area contributed by atoms with Gasteiger partial charge in [0.2, 0.25) is 5.91 Å². The fraction of sp³-hybridized carbons (Fsp3) is 0.412. The number of nitrogens with zero attached hydrogens (tertiary/aromatic N) is 5. The fourth-order valence-corrected chi connectivity index (χ4v) is 3.46. The second-order valence-corrected chi connectivity index (χ2v) is 6.16. The van der Waals surface area contributed by atoms with E-state index in [4.69, 9.17) is 5.26 Å². The van der Waals surface area contributed by atoms with Crippen molar-refractivity contribution < 1.29 is 4.79 Å². The predicted octanol–water partition coefficient (Wildman–Crippen LogP) is 1.63. The smallest absolute Gasteiger partial charge is 0.236 e. The molecular weight excluding hydrogens is 304 g/mol. The molecule has 3 heterocycles. The van der Waals surface area contributed by atoms with Gasteiger partial charge in [-0.3, -0.25) is 4.79 Å². The summed E-state index contributed by atoms with van der Waals surface area (Å²) >= 11 is 0. The number of amides is 1. The topological polar surface area (TPSA) is 99.8 Å². The average Bonchev–Trinajstić information content (AvgIpc) is 3.19. The van der Waals surface area contributed by atoms with E-state index < -0.39 is 0 Å². The summed E-state index contributed by atoms with van der Waals surface area (Å²) in [5.74, 6) is 0.105. The number of aromatic nitrogens is 2. The lowest BCUT2D eigenvalue weighted by molar-refractivity contribution is -0.129. The molecule has 3 rings (SSSR count). The highest BCUT2D eigenvalue weighted by Crippen LogP contribution is 2.33. The van der Waals surface area contributed by atoms with Crippen molar-refractivity contribution in [2.24, 2.45) is 5.92 Å². The number of carbonyl (C=O) groups is 1. The van der Waals surface area contributed by atoms with E-state index in [0.717, 1.165) is 16.7 Å². The lowest BCUT2D eigenvalue weighted by atomic mass is 10.0. The van der Waals surface area contributed by atoms with Gasteiger partial charge in [0, 0.05) is 37.9 Å². The van der Waals surface area contributed by atoms with Crippen LogP contribution in [0, 0.1) is 28.6 Å². The van der Waals surface area contributed by atoms with E-state index in [0.29, 0.717) is 18.7 Å². The Balaban J connectivity index is 1.94. The monoisotopic (exact) mass is 322 g/mol. The number of nitriles is 2. The third-order valence-electron chi connectivity index (χ3n) is 4.68. The van der Waals surface area contributed by atoms with E-state index >= 15 is 0 Å². The largest absolute Gasteiger partial charge is 0.368 e. The first-order valence-electron chi connectivity index (χ1n) is 7.80. The molecule has 2 atom stereocenters. The fourth-order valence-electron chi connectivity index (χ4n) is 3.46. The average molecular weight is 322 g/mol. The summed E-state index contributed by atoms with van der Waals surface area (Å²) in [7, 11) is 1.95. The van der Waals surface area contributed by atoms with E-state index in [1.807, 2.05) is 19.2 Å². The molecule has 0 spiro atoms.